The molecule has 9 heavy (non-hydrogen) atoms. The molecule has 1 aliphatic heterocycles. The Labute approximate surface area is 56.4 Å². The molecule has 0 saturated carbocycles. The highest BCUT2D eigenvalue weighted by atomic mass is 16.5. The summed E-state index contributed by atoms with van der Waals surface area (Å²) < 4.78 is 5.50. The van der Waals surface area contributed by atoms with Crippen LogP contribution in [0.4, 0.5) is 0 Å². The smallest absolute Gasteiger partial charge is 0.0893 e. The highest BCUT2D eigenvalue weighted by Gasteiger charge is 2.28. The van der Waals surface area contributed by atoms with Crippen LogP contribution < -0.4 is 5.73 Å². The Bertz CT molecular complexity index is 101. The summed E-state index contributed by atoms with van der Waals surface area (Å²) >= 11 is 0. The lowest BCUT2D eigenvalue weighted by molar-refractivity contribution is -0.437. The van der Waals surface area contributed by atoms with E-state index in [9.17, 15) is 0 Å². The molecule has 0 aromatic rings. The van der Waals surface area contributed by atoms with Crippen LogP contribution >= 0.6 is 0 Å². The fourth-order valence-corrected chi connectivity index (χ4v) is 1.36. The maximum Gasteiger partial charge on any atom is 0.0893 e. The van der Waals surface area contributed by atoms with Gasteiger partial charge in [-0.3, -0.25) is 0 Å². The fraction of sp³-hybridized carbons (Fsp3) is 1.00. The van der Waals surface area contributed by atoms with Gasteiger partial charge in [0.2, 0.25) is 0 Å². The van der Waals surface area contributed by atoms with Gasteiger partial charge >= 0.3 is 0 Å². The molecule has 1 rings (SSSR count). The van der Waals surface area contributed by atoms with E-state index in [1.165, 1.54) is 0 Å². The van der Waals surface area contributed by atoms with Gasteiger partial charge in [-0.05, 0) is 13.8 Å². The Balaban J connectivity index is 2.41. The maximum absolute atomic E-state index is 5.50. The summed E-state index contributed by atoms with van der Waals surface area (Å²) in [7, 11) is 0. The van der Waals surface area contributed by atoms with E-state index in [4.69, 9.17) is 4.74 Å². The summed E-state index contributed by atoms with van der Waals surface area (Å²) in [6, 6.07) is 0.605. The summed E-state index contributed by atoms with van der Waals surface area (Å²) in [6.07, 6.45) is 2.23. The monoisotopic (exact) mass is 130 g/mol. The van der Waals surface area contributed by atoms with Crippen molar-refractivity contribution in [1.29, 1.82) is 0 Å². The van der Waals surface area contributed by atoms with Crippen molar-refractivity contribution in [3.63, 3.8) is 0 Å². The van der Waals surface area contributed by atoms with Gasteiger partial charge in [0.25, 0.3) is 0 Å². The van der Waals surface area contributed by atoms with Crippen molar-refractivity contribution in [2.75, 3.05) is 6.61 Å². The fourth-order valence-electron chi connectivity index (χ4n) is 1.36. The van der Waals surface area contributed by atoms with Crippen LogP contribution in [0.25, 0.3) is 0 Å². The molecular weight excluding hydrogens is 114 g/mol. The minimum absolute atomic E-state index is 0.0880. The van der Waals surface area contributed by atoms with Gasteiger partial charge in [0, 0.05) is 12.8 Å². The second kappa shape index (κ2) is 2.27. The van der Waals surface area contributed by atoms with Gasteiger partial charge in [0.05, 0.1) is 18.2 Å². The van der Waals surface area contributed by atoms with E-state index in [1.807, 2.05) is 0 Å². The van der Waals surface area contributed by atoms with Gasteiger partial charge in [0.1, 0.15) is 0 Å². The van der Waals surface area contributed by atoms with Crippen LogP contribution in [0.2, 0.25) is 0 Å². The number of hydrogen-bond acceptors (Lipinski definition) is 1. The quantitative estimate of drug-likeness (QED) is 0.499. The lowest BCUT2D eigenvalue weighted by Gasteiger charge is -2.31. The third kappa shape index (κ3) is 1.95. The van der Waals surface area contributed by atoms with Crippen LogP contribution in [0.5, 0.6) is 0 Å². The van der Waals surface area contributed by atoms with Crippen LogP contribution in [0.3, 0.4) is 0 Å². The molecule has 0 aromatic carbocycles. The first-order valence-corrected chi connectivity index (χ1v) is 3.57. The van der Waals surface area contributed by atoms with Crippen molar-refractivity contribution in [3.8, 4) is 0 Å². The van der Waals surface area contributed by atoms with E-state index in [1.54, 1.807) is 0 Å². The first-order valence-electron chi connectivity index (χ1n) is 3.57. The zero-order chi connectivity index (χ0) is 6.91. The molecule has 0 aliphatic carbocycles. The second-order valence-electron chi connectivity index (χ2n) is 3.47. The molecule has 1 fully saturated rings. The summed E-state index contributed by atoms with van der Waals surface area (Å²) in [5.41, 5.74) is 4.10. The van der Waals surface area contributed by atoms with Gasteiger partial charge < -0.3 is 10.5 Å². The summed E-state index contributed by atoms with van der Waals surface area (Å²) in [4.78, 5) is 0. The lowest BCUT2D eigenvalue weighted by Crippen LogP contribution is -2.65. The molecule has 0 radical (unpaired) electrons. The van der Waals surface area contributed by atoms with E-state index in [0.29, 0.717) is 6.04 Å². The zero-order valence-corrected chi connectivity index (χ0v) is 6.31. The summed E-state index contributed by atoms with van der Waals surface area (Å²) in [6.45, 7) is 5.15. The Morgan fingerprint density at radius 3 is 2.56 bits per heavy atom. The molecule has 0 bridgehead atoms. The minimum atomic E-state index is 0.0880. The van der Waals surface area contributed by atoms with Crippen molar-refractivity contribution in [2.45, 2.75) is 38.3 Å². The number of quaternary nitrogens is 1. The molecular formula is C7H16NO+. The van der Waals surface area contributed by atoms with Crippen molar-refractivity contribution in [3.05, 3.63) is 0 Å². The van der Waals surface area contributed by atoms with Crippen molar-refractivity contribution < 1.29 is 10.5 Å². The molecule has 3 N–H and O–H groups in total. The minimum Gasteiger partial charge on any atom is -0.375 e. The van der Waals surface area contributed by atoms with Crippen LogP contribution in [0.15, 0.2) is 0 Å². The highest BCUT2D eigenvalue weighted by molar-refractivity contribution is 4.76. The van der Waals surface area contributed by atoms with Gasteiger partial charge in [0.15, 0.2) is 0 Å². The van der Waals surface area contributed by atoms with E-state index >= 15 is 0 Å². The summed E-state index contributed by atoms with van der Waals surface area (Å²) in [5, 5.41) is 0. The first kappa shape index (κ1) is 7.03. The molecule has 0 spiro atoms. The van der Waals surface area contributed by atoms with Crippen molar-refractivity contribution in [2.24, 2.45) is 0 Å². The molecule has 1 atom stereocenters. The molecule has 0 amide bonds. The first-order chi connectivity index (χ1) is 4.10. The van der Waals surface area contributed by atoms with Gasteiger partial charge in [-0.1, -0.05) is 0 Å². The van der Waals surface area contributed by atoms with Crippen LogP contribution in [0, 0.1) is 0 Å². The van der Waals surface area contributed by atoms with Crippen molar-refractivity contribution >= 4 is 0 Å². The molecule has 0 aromatic heterocycles. The molecule has 54 valence electrons. The molecule has 1 saturated heterocycles. The van der Waals surface area contributed by atoms with E-state index in [-0.39, 0.29) is 5.60 Å². The molecule has 0 unspecified atom stereocenters. The third-order valence-corrected chi connectivity index (χ3v) is 1.80. The van der Waals surface area contributed by atoms with E-state index in [2.05, 4.69) is 19.6 Å². The second-order valence-corrected chi connectivity index (χ2v) is 3.47. The Morgan fingerprint density at radius 2 is 2.22 bits per heavy atom. The SMILES string of the molecule is CC1(C)C[C@@H]([NH3+])CCO1. The van der Waals surface area contributed by atoms with Gasteiger partial charge in [-0.25, -0.2) is 0 Å². The Hall–Kier alpha value is -0.0800. The lowest BCUT2D eigenvalue weighted by atomic mass is 9.95. The van der Waals surface area contributed by atoms with Crippen LogP contribution in [-0.2, 0) is 4.74 Å². The largest absolute Gasteiger partial charge is 0.375 e. The molecule has 2 heteroatoms. The zero-order valence-electron chi connectivity index (χ0n) is 6.31. The third-order valence-electron chi connectivity index (χ3n) is 1.80. The summed E-state index contributed by atoms with van der Waals surface area (Å²) in [5.74, 6) is 0. The maximum atomic E-state index is 5.50. The topological polar surface area (TPSA) is 36.9 Å². The number of hydrogen-bond donors (Lipinski definition) is 1. The predicted octanol–water partition coefficient (Wildman–Crippen LogP) is 0.186. The molecule has 1 aliphatic rings. The molecule has 2 nitrogen and oxygen atoms in total. The highest BCUT2D eigenvalue weighted by Crippen LogP contribution is 2.21. The van der Waals surface area contributed by atoms with Gasteiger partial charge in [-0.2, -0.15) is 0 Å². The Kier molecular flexibility index (Phi) is 1.78. The van der Waals surface area contributed by atoms with Gasteiger partial charge in [-0.15, -0.1) is 0 Å². The van der Waals surface area contributed by atoms with Crippen LogP contribution in [0.1, 0.15) is 26.7 Å². The van der Waals surface area contributed by atoms with E-state index < -0.39 is 0 Å². The Morgan fingerprint density at radius 1 is 1.56 bits per heavy atom. The van der Waals surface area contributed by atoms with Crippen molar-refractivity contribution in [1.82, 2.24) is 0 Å². The van der Waals surface area contributed by atoms with E-state index in [0.717, 1.165) is 19.4 Å². The normalized spacial score (nSPS) is 34.3. The molecule has 1 heterocycles. The standard InChI is InChI=1S/C7H15NO/c1-7(2)5-6(8)3-4-9-7/h6H,3-5,8H2,1-2H3/p+1/t6-/m0/s1. The number of rotatable bonds is 0. The average molecular weight is 130 g/mol. The average Bonchev–Trinajstić information content (AvgIpc) is 1.60. The van der Waals surface area contributed by atoms with Crippen LogP contribution in [-0.4, -0.2) is 18.2 Å². The predicted molar refractivity (Wildman–Crippen MR) is 35.9 cm³/mol. The number of ether oxygens (including phenoxy) is 1.